The average Bonchev–Trinajstić information content (AvgIpc) is 3.67. The highest BCUT2D eigenvalue weighted by Gasteiger charge is 2.29. The number of fused-ring (bicyclic) bond motifs is 1. The summed E-state index contributed by atoms with van der Waals surface area (Å²) in [7, 11) is 0. The first kappa shape index (κ1) is 35.0. The molecule has 0 amide bonds. The second-order valence-electron chi connectivity index (χ2n) is 13.2. The summed E-state index contributed by atoms with van der Waals surface area (Å²) in [6.45, 7) is 13.7. The van der Waals surface area contributed by atoms with Gasteiger partial charge in [-0.25, -0.2) is 9.31 Å². The fourth-order valence-corrected chi connectivity index (χ4v) is 6.51. The van der Waals surface area contributed by atoms with Crippen LogP contribution in [-0.2, 0) is 17.6 Å². The maximum absolute atomic E-state index is 14.5. The minimum atomic E-state index is -0.932. The summed E-state index contributed by atoms with van der Waals surface area (Å²) < 4.78 is 14.8. The van der Waals surface area contributed by atoms with Crippen LogP contribution in [-0.4, -0.2) is 52.2 Å². The van der Waals surface area contributed by atoms with Crippen LogP contribution in [0.25, 0.3) is 28.3 Å². The Hall–Kier alpha value is -4.35. The van der Waals surface area contributed by atoms with Gasteiger partial charge in [-0.05, 0) is 76.5 Å². The van der Waals surface area contributed by atoms with Crippen molar-refractivity contribution >= 4 is 5.78 Å². The molecule has 3 aromatic heterocycles. The summed E-state index contributed by atoms with van der Waals surface area (Å²) in [4.78, 5) is 33.4. The first-order valence-electron chi connectivity index (χ1n) is 17.1. The van der Waals surface area contributed by atoms with Gasteiger partial charge in [0.25, 0.3) is 5.56 Å². The Kier molecular flexibility index (Phi) is 10.8. The number of benzene rings is 2. The topological polar surface area (TPSA) is 141 Å². The molecule has 0 aliphatic heterocycles. The largest absolute Gasteiger partial charge is 0.439 e. The van der Waals surface area contributed by atoms with E-state index in [-0.39, 0.29) is 23.8 Å². The third-order valence-electron chi connectivity index (χ3n) is 9.07. The smallest absolute Gasteiger partial charge is 0.388 e. The fraction of sp³-hybridized carbons (Fsp3) is 0.486. The highest BCUT2D eigenvalue weighted by atomic mass is 16.5. The van der Waals surface area contributed by atoms with Crippen LogP contribution >= 0.6 is 0 Å². The van der Waals surface area contributed by atoms with Crippen LogP contribution < -0.4 is 11.3 Å². The lowest BCUT2D eigenvalue weighted by Crippen LogP contribution is -2.40. The first-order valence-corrected chi connectivity index (χ1v) is 17.1. The number of aryl methyl sites for hydroxylation is 2. The number of aromatic amines is 1. The van der Waals surface area contributed by atoms with E-state index in [0.717, 1.165) is 47.2 Å². The third-order valence-corrected chi connectivity index (χ3v) is 9.07. The monoisotopic (exact) mass is 656 g/mol. The minimum Gasteiger partial charge on any atom is -0.388 e. The van der Waals surface area contributed by atoms with Gasteiger partial charge in [-0.1, -0.05) is 80.9 Å². The Labute approximate surface area is 281 Å². The molecule has 5 rings (SSSR count). The lowest BCUT2D eigenvalue weighted by Gasteiger charge is -2.32. The molecule has 3 atom stereocenters. The molecular formula is C37H48N6O5. The van der Waals surface area contributed by atoms with Gasteiger partial charge in [-0.15, -0.1) is 0 Å². The molecule has 2 N–H and O–H groups in total. The van der Waals surface area contributed by atoms with Gasteiger partial charge in [0.05, 0.1) is 23.5 Å². The summed E-state index contributed by atoms with van der Waals surface area (Å²) in [5.41, 5.74) is 4.22. The van der Waals surface area contributed by atoms with Crippen LogP contribution in [0.4, 0.5) is 0 Å². The van der Waals surface area contributed by atoms with Crippen LogP contribution in [0.5, 0.6) is 0 Å². The predicted molar refractivity (Wildman–Crippen MR) is 186 cm³/mol. The van der Waals surface area contributed by atoms with Crippen molar-refractivity contribution in [2.45, 2.75) is 117 Å². The Bertz CT molecular complexity index is 1950. The van der Waals surface area contributed by atoms with Crippen molar-refractivity contribution < 1.29 is 14.4 Å². The number of aliphatic hydroxyl groups is 1. The maximum atomic E-state index is 14.5. The van der Waals surface area contributed by atoms with Gasteiger partial charge in [-0.2, -0.15) is 10.1 Å². The van der Waals surface area contributed by atoms with Crippen molar-refractivity contribution in [3.05, 3.63) is 92.1 Å². The Balaban J connectivity index is 1.47. The molecule has 48 heavy (non-hydrogen) atoms. The van der Waals surface area contributed by atoms with Crippen molar-refractivity contribution in [1.82, 2.24) is 29.3 Å². The quantitative estimate of drug-likeness (QED) is 0.131. The number of H-pyrrole nitrogens is 1. The molecular weight excluding hydrogens is 608 g/mol. The van der Waals surface area contributed by atoms with Crippen LogP contribution in [0.15, 0.2) is 62.6 Å². The SMILES string of the molecule is CCCc1c(Cc2ccc(-c3ccccc3-c3noc(=O)[nH]3)cc2)c(=O)n(C(C)CC[C@H](CC)OC(CC)C(C)(C)O)c2nc(C)nn12. The van der Waals surface area contributed by atoms with Crippen molar-refractivity contribution in [3.63, 3.8) is 0 Å². The molecule has 256 valence electrons. The van der Waals surface area contributed by atoms with Crippen LogP contribution in [0.1, 0.15) is 102 Å². The van der Waals surface area contributed by atoms with Gasteiger partial charge in [0.2, 0.25) is 5.78 Å². The summed E-state index contributed by atoms with van der Waals surface area (Å²) in [6, 6.07) is 15.6. The zero-order valence-electron chi connectivity index (χ0n) is 29.1. The van der Waals surface area contributed by atoms with Gasteiger partial charge in [-0.3, -0.25) is 18.9 Å². The zero-order valence-corrected chi connectivity index (χ0v) is 29.1. The van der Waals surface area contributed by atoms with Crippen LogP contribution in [0.2, 0.25) is 0 Å². The number of ether oxygens (including phenoxy) is 1. The summed E-state index contributed by atoms with van der Waals surface area (Å²) in [6.07, 6.45) is 4.67. The second-order valence-corrected chi connectivity index (χ2v) is 13.2. The van der Waals surface area contributed by atoms with Crippen molar-refractivity contribution in [2.75, 3.05) is 0 Å². The highest BCUT2D eigenvalue weighted by molar-refractivity contribution is 5.80. The first-order chi connectivity index (χ1) is 22.9. The average molecular weight is 657 g/mol. The summed E-state index contributed by atoms with van der Waals surface area (Å²) >= 11 is 0. The van der Waals surface area contributed by atoms with Crippen molar-refractivity contribution in [2.24, 2.45) is 0 Å². The number of nitrogens with zero attached hydrogens (tertiary/aromatic N) is 5. The van der Waals surface area contributed by atoms with Crippen molar-refractivity contribution in [1.29, 1.82) is 0 Å². The Morgan fingerprint density at radius 2 is 1.71 bits per heavy atom. The normalized spacial score (nSPS) is 14.0. The van der Waals surface area contributed by atoms with Gasteiger partial charge in [0, 0.05) is 23.6 Å². The summed E-state index contributed by atoms with van der Waals surface area (Å²) in [5, 5.41) is 19.2. The molecule has 0 radical (unpaired) electrons. The van der Waals surface area contributed by atoms with Crippen LogP contribution in [0, 0.1) is 6.92 Å². The van der Waals surface area contributed by atoms with Gasteiger partial charge >= 0.3 is 5.76 Å². The van der Waals surface area contributed by atoms with Crippen LogP contribution in [0.3, 0.4) is 0 Å². The fourth-order valence-electron chi connectivity index (χ4n) is 6.51. The molecule has 2 aromatic carbocycles. The van der Waals surface area contributed by atoms with E-state index >= 15 is 0 Å². The van der Waals surface area contributed by atoms with Crippen molar-refractivity contribution in [3.8, 4) is 22.5 Å². The predicted octanol–water partition coefficient (Wildman–Crippen LogP) is 6.44. The van der Waals surface area contributed by atoms with E-state index in [9.17, 15) is 14.7 Å². The number of rotatable bonds is 15. The molecule has 11 heteroatoms. The Morgan fingerprint density at radius 1 is 1.00 bits per heavy atom. The van der Waals surface area contributed by atoms with E-state index in [4.69, 9.17) is 19.3 Å². The molecule has 0 saturated heterocycles. The molecule has 0 bridgehead atoms. The lowest BCUT2D eigenvalue weighted by molar-refractivity contribution is -0.122. The van der Waals surface area contributed by atoms with E-state index in [1.165, 1.54) is 0 Å². The van der Waals surface area contributed by atoms with Gasteiger partial charge in [0.15, 0.2) is 5.82 Å². The van der Waals surface area contributed by atoms with E-state index in [2.05, 4.69) is 30.9 Å². The number of hydrogen-bond donors (Lipinski definition) is 2. The molecule has 0 aliphatic rings. The number of hydrogen-bond acceptors (Lipinski definition) is 8. The number of aromatic nitrogens is 6. The number of nitrogens with one attached hydrogen (secondary N) is 1. The highest BCUT2D eigenvalue weighted by Crippen LogP contribution is 2.30. The van der Waals surface area contributed by atoms with Gasteiger partial charge in [0.1, 0.15) is 5.82 Å². The third kappa shape index (κ3) is 7.52. The molecule has 0 spiro atoms. The van der Waals surface area contributed by atoms with E-state index in [1.807, 2.05) is 66.9 Å². The molecule has 2 unspecified atom stereocenters. The van der Waals surface area contributed by atoms with E-state index < -0.39 is 11.4 Å². The molecule has 0 aliphatic carbocycles. The Morgan fingerprint density at radius 3 is 2.31 bits per heavy atom. The molecule has 5 aromatic rings. The lowest BCUT2D eigenvalue weighted by atomic mass is 9.96. The maximum Gasteiger partial charge on any atom is 0.439 e. The minimum absolute atomic E-state index is 0.0397. The molecule has 11 nitrogen and oxygen atoms in total. The van der Waals surface area contributed by atoms with E-state index in [0.29, 0.717) is 48.7 Å². The molecule has 3 heterocycles. The second kappa shape index (κ2) is 14.8. The van der Waals surface area contributed by atoms with Gasteiger partial charge < -0.3 is 9.84 Å². The van der Waals surface area contributed by atoms with E-state index in [1.54, 1.807) is 18.4 Å². The molecule has 0 fully saturated rings. The molecule has 0 saturated carbocycles. The summed E-state index contributed by atoms with van der Waals surface area (Å²) in [5.74, 6) is 0.945. The standard InChI is InChI=1S/C37H48N6O5/c1-8-13-31-30(22-25-17-19-26(20-18-25)28-14-11-12-15-29(28)33-39-36(45)48-41-33)34(44)42(35-38-24(5)40-43(31)35)23(4)16-21-27(9-2)47-32(10-3)37(6,7)46/h11-12,14-15,17-20,23,27,32,46H,8-10,13,16,21-22H2,1-7H3,(H,39,41,45)/t23?,27-,32?/m0/s1. The zero-order chi connectivity index (χ0) is 34.6.